The summed E-state index contributed by atoms with van der Waals surface area (Å²) in [5, 5.41) is 3.37. The number of hydrogen-bond donors (Lipinski definition) is 1. The highest BCUT2D eigenvalue weighted by atomic mass is 19.1. The Kier molecular flexibility index (Phi) is 3.32. The molecule has 4 heteroatoms. The molecule has 0 aromatic heterocycles. The van der Waals surface area contributed by atoms with Gasteiger partial charge in [-0.3, -0.25) is 10.1 Å². The van der Waals surface area contributed by atoms with Gasteiger partial charge in [0, 0.05) is 12.1 Å². The van der Waals surface area contributed by atoms with Crippen LogP contribution in [0.2, 0.25) is 0 Å². The van der Waals surface area contributed by atoms with Gasteiger partial charge in [0.2, 0.25) is 5.91 Å². The average molecular weight is 290 g/mol. The van der Waals surface area contributed by atoms with Crippen LogP contribution in [-0.2, 0) is 4.79 Å². The minimum atomic E-state index is -0.412. The van der Waals surface area contributed by atoms with E-state index < -0.39 is 5.54 Å². The van der Waals surface area contributed by atoms with Gasteiger partial charge in [-0.2, -0.15) is 0 Å². The van der Waals surface area contributed by atoms with Gasteiger partial charge in [-0.25, -0.2) is 4.39 Å². The van der Waals surface area contributed by atoms with Crippen LogP contribution in [0.3, 0.4) is 0 Å². The standard InChI is InChI=1S/C17H23FN2O/c1-16(2,3)10-11-20-14(12-6-4-5-7-13(12)18)19-17(8-9-17)15(20)21/h4-7,14,19H,8-11H2,1-3H3. The first kappa shape index (κ1) is 14.5. The summed E-state index contributed by atoms with van der Waals surface area (Å²) in [7, 11) is 0. The van der Waals surface area contributed by atoms with Crippen LogP contribution in [-0.4, -0.2) is 22.9 Å². The largest absolute Gasteiger partial charge is 0.321 e. The highest BCUT2D eigenvalue weighted by Crippen LogP contribution is 2.46. The maximum absolute atomic E-state index is 14.1. The molecule has 1 aromatic carbocycles. The molecule has 1 saturated carbocycles. The Balaban J connectivity index is 1.87. The Labute approximate surface area is 125 Å². The first-order valence-corrected chi connectivity index (χ1v) is 7.66. The van der Waals surface area contributed by atoms with Gasteiger partial charge < -0.3 is 4.90 Å². The summed E-state index contributed by atoms with van der Waals surface area (Å²) in [5.74, 6) is -0.110. The summed E-state index contributed by atoms with van der Waals surface area (Å²) in [5.41, 5.74) is 0.313. The molecule has 0 bridgehead atoms. The van der Waals surface area contributed by atoms with Gasteiger partial charge in [0.05, 0.1) is 0 Å². The van der Waals surface area contributed by atoms with E-state index in [4.69, 9.17) is 0 Å². The summed E-state index contributed by atoms with van der Waals surface area (Å²) in [6.07, 6.45) is 2.30. The predicted molar refractivity (Wildman–Crippen MR) is 80.0 cm³/mol. The Morgan fingerprint density at radius 1 is 1.33 bits per heavy atom. The van der Waals surface area contributed by atoms with Gasteiger partial charge in [0.15, 0.2) is 0 Å². The molecular formula is C17H23FN2O. The number of carbonyl (C=O) groups is 1. The first-order valence-electron chi connectivity index (χ1n) is 7.66. The van der Waals surface area contributed by atoms with E-state index in [1.165, 1.54) is 6.07 Å². The van der Waals surface area contributed by atoms with Crippen molar-refractivity contribution in [2.24, 2.45) is 5.41 Å². The number of benzene rings is 1. The quantitative estimate of drug-likeness (QED) is 0.927. The lowest BCUT2D eigenvalue weighted by molar-refractivity contribution is -0.131. The molecule has 1 N–H and O–H groups in total. The fourth-order valence-corrected chi connectivity index (χ4v) is 2.91. The number of carbonyl (C=O) groups excluding carboxylic acids is 1. The van der Waals surface area contributed by atoms with Gasteiger partial charge in [0.25, 0.3) is 0 Å². The van der Waals surface area contributed by atoms with Crippen molar-refractivity contribution < 1.29 is 9.18 Å². The Hall–Kier alpha value is -1.42. The number of rotatable bonds is 3. The van der Waals surface area contributed by atoms with Crippen molar-refractivity contribution in [3.05, 3.63) is 35.6 Å². The van der Waals surface area contributed by atoms with Crippen molar-refractivity contribution in [3.8, 4) is 0 Å². The third-order valence-electron chi connectivity index (χ3n) is 4.45. The van der Waals surface area contributed by atoms with Crippen LogP contribution in [0.1, 0.15) is 51.8 Å². The molecule has 2 fully saturated rings. The number of amides is 1. The molecule has 1 heterocycles. The second-order valence-corrected chi connectivity index (χ2v) is 7.46. The van der Waals surface area contributed by atoms with E-state index in [9.17, 15) is 9.18 Å². The molecule has 1 spiro atoms. The third-order valence-corrected chi connectivity index (χ3v) is 4.45. The topological polar surface area (TPSA) is 32.3 Å². The highest BCUT2D eigenvalue weighted by molar-refractivity contribution is 5.92. The SMILES string of the molecule is CC(C)(C)CCN1C(=O)C2(CC2)NC1c1ccccc1F. The molecule has 1 atom stereocenters. The molecule has 1 amide bonds. The normalized spacial score (nSPS) is 23.9. The van der Waals surface area contributed by atoms with Crippen LogP contribution in [0.5, 0.6) is 0 Å². The number of halogens is 1. The molecule has 3 nitrogen and oxygen atoms in total. The summed E-state index contributed by atoms with van der Waals surface area (Å²) in [6, 6.07) is 6.74. The van der Waals surface area contributed by atoms with Gasteiger partial charge in [-0.1, -0.05) is 39.0 Å². The van der Waals surface area contributed by atoms with E-state index in [2.05, 4.69) is 26.1 Å². The molecule has 21 heavy (non-hydrogen) atoms. The first-order chi connectivity index (χ1) is 9.82. The Bertz CT molecular complexity index is 560. The molecule has 1 aromatic rings. The lowest BCUT2D eigenvalue weighted by Crippen LogP contribution is -2.34. The van der Waals surface area contributed by atoms with E-state index in [0.29, 0.717) is 12.1 Å². The number of nitrogens with zero attached hydrogens (tertiary/aromatic N) is 1. The van der Waals surface area contributed by atoms with Crippen LogP contribution in [0, 0.1) is 11.2 Å². The van der Waals surface area contributed by atoms with Crippen LogP contribution >= 0.6 is 0 Å². The molecule has 0 radical (unpaired) electrons. The zero-order chi connectivity index (χ0) is 15.3. The van der Waals surface area contributed by atoms with Crippen molar-refractivity contribution in [2.75, 3.05) is 6.54 Å². The number of nitrogens with one attached hydrogen (secondary N) is 1. The van der Waals surface area contributed by atoms with E-state index in [1.807, 2.05) is 11.0 Å². The van der Waals surface area contributed by atoms with Crippen molar-refractivity contribution in [1.82, 2.24) is 10.2 Å². The lowest BCUT2D eigenvalue weighted by atomic mass is 9.92. The van der Waals surface area contributed by atoms with E-state index >= 15 is 0 Å². The van der Waals surface area contributed by atoms with Crippen LogP contribution in [0.4, 0.5) is 4.39 Å². The number of hydrogen-bond acceptors (Lipinski definition) is 2. The summed E-state index contributed by atoms with van der Waals surface area (Å²) >= 11 is 0. The molecular weight excluding hydrogens is 267 g/mol. The predicted octanol–water partition coefficient (Wildman–Crippen LogP) is 3.22. The fraction of sp³-hybridized carbons (Fsp3) is 0.588. The summed E-state index contributed by atoms with van der Waals surface area (Å²) in [6.45, 7) is 7.14. The van der Waals surface area contributed by atoms with E-state index in [1.54, 1.807) is 12.1 Å². The lowest BCUT2D eigenvalue weighted by Gasteiger charge is -2.28. The molecule has 2 aliphatic rings. The third kappa shape index (κ3) is 2.69. The van der Waals surface area contributed by atoms with Gasteiger partial charge in [-0.05, 0) is 30.7 Å². The molecule has 1 unspecified atom stereocenters. The van der Waals surface area contributed by atoms with E-state index in [0.717, 1.165) is 19.3 Å². The molecule has 1 aliphatic heterocycles. The highest BCUT2D eigenvalue weighted by Gasteiger charge is 2.59. The average Bonchev–Trinajstić information content (AvgIpc) is 3.12. The second-order valence-electron chi connectivity index (χ2n) is 7.46. The maximum atomic E-state index is 14.1. The zero-order valence-corrected chi connectivity index (χ0v) is 12.9. The Morgan fingerprint density at radius 3 is 2.57 bits per heavy atom. The van der Waals surface area contributed by atoms with Crippen LogP contribution < -0.4 is 5.32 Å². The van der Waals surface area contributed by atoms with Crippen molar-refractivity contribution in [3.63, 3.8) is 0 Å². The maximum Gasteiger partial charge on any atom is 0.244 e. The van der Waals surface area contributed by atoms with Crippen LogP contribution in [0.15, 0.2) is 24.3 Å². The Morgan fingerprint density at radius 2 is 2.00 bits per heavy atom. The smallest absolute Gasteiger partial charge is 0.244 e. The molecule has 1 saturated heterocycles. The minimum Gasteiger partial charge on any atom is -0.321 e. The summed E-state index contributed by atoms with van der Waals surface area (Å²) < 4.78 is 14.1. The zero-order valence-electron chi connectivity index (χ0n) is 12.9. The fourth-order valence-electron chi connectivity index (χ4n) is 2.91. The van der Waals surface area contributed by atoms with Gasteiger partial charge in [-0.15, -0.1) is 0 Å². The van der Waals surface area contributed by atoms with E-state index in [-0.39, 0.29) is 23.3 Å². The van der Waals surface area contributed by atoms with Crippen molar-refractivity contribution in [2.45, 2.75) is 51.7 Å². The van der Waals surface area contributed by atoms with Gasteiger partial charge >= 0.3 is 0 Å². The molecule has 3 rings (SSSR count). The van der Waals surface area contributed by atoms with Crippen molar-refractivity contribution in [1.29, 1.82) is 0 Å². The monoisotopic (exact) mass is 290 g/mol. The molecule has 114 valence electrons. The minimum absolute atomic E-state index is 0.139. The van der Waals surface area contributed by atoms with Crippen LogP contribution in [0.25, 0.3) is 0 Å². The summed E-state index contributed by atoms with van der Waals surface area (Å²) in [4.78, 5) is 14.5. The molecule has 1 aliphatic carbocycles. The van der Waals surface area contributed by atoms with Gasteiger partial charge in [0.1, 0.15) is 17.5 Å². The second kappa shape index (κ2) is 4.80. The van der Waals surface area contributed by atoms with Crippen molar-refractivity contribution >= 4 is 5.91 Å².